The van der Waals surface area contributed by atoms with Crippen LogP contribution in [0.3, 0.4) is 0 Å². The van der Waals surface area contributed by atoms with E-state index in [2.05, 4.69) is 4.98 Å². The Hall–Kier alpha value is -2.96. The van der Waals surface area contributed by atoms with Crippen molar-refractivity contribution in [2.75, 3.05) is 11.4 Å². The second-order valence-electron chi connectivity index (χ2n) is 5.85. The predicted molar refractivity (Wildman–Crippen MR) is 87.6 cm³/mol. The van der Waals surface area contributed by atoms with Crippen LogP contribution in [0.15, 0.2) is 48.7 Å². The average molecular weight is 326 g/mol. The molecule has 0 bridgehead atoms. The van der Waals surface area contributed by atoms with Gasteiger partial charge in [0, 0.05) is 12.6 Å². The number of fused-ring (bicyclic) bond motifs is 1. The standard InChI is InChI=1S/C17H15FN4O2/c18-13-6-3-5-12(11-13)14-7-4-10-20(14)16-17(22(23)24)21-9-2-1-8-15(21)19-16/h1-3,5-6,8-9,11,14H,4,7,10H2/t14-/m0/s1. The van der Waals surface area contributed by atoms with Gasteiger partial charge in [-0.25, -0.2) is 4.39 Å². The van der Waals surface area contributed by atoms with Crippen LogP contribution in [-0.4, -0.2) is 20.9 Å². The lowest BCUT2D eigenvalue weighted by Crippen LogP contribution is -2.23. The minimum absolute atomic E-state index is 0.0473. The zero-order valence-corrected chi connectivity index (χ0v) is 12.8. The number of pyridine rings is 1. The van der Waals surface area contributed by atoms with Crippen molar-refractivity contribution in [3.05, 3.63) is 70.2 Å². The number of hydrogen-bond acceptors (Lipinski definition) is 4. The summed E-state index contributed by atoms with van der Waals surface area (Å²) in [5, 5.41) is 11.6. The maximum absolute atomic E-state index is 13.6. The average Bonchev–Trinajstić information content (AvgIpc) is 3.19. The summed E-state index contributed by atoms with van der Waals surface area (Å²) >= 11 is 0. The van der Waals surface area contributed by atoms with E-state index >= 15 is 0 Å². The van der Waals surface area contributed by atoms with E-state index < -0.39 is 4.92 Å². The summed E-state index contributed by atoms with van der Waals surface area (Å²) in [6.07, 6.45) is 3.33. The van der Waals surface area contributed by atoms with Crippen LogP contribution in [0.2, 0.25) is 0 Å². The molecule has 0 aliphatic carbocycles. The summed E-state index contributed by atoms with van der Waals surface area (Å²) in [6.45, 7) is 0.659. The van der Waals surface area contributed by atoms with Gasteiger partial charge < -0.3 is 15.0 Å². The first-order chi connectivity index (χ1) is 11.6. The van der Waals surface area contributed by atoms with Gasteiger partial charge in [0.1, 0.15) is 5.82 Å². The van der Waals surface area contributed by atoms with E-state index in [1.807, 2.05) is 11.0 Å². The summed E-state index contributed by atoms with van der Waals surface area (Å²) in [6, 6.07) is 11.6. The van der Waals surface area contributed by atoms with E-state index in [9.17, 15) is 14.5 Å². The summed E-state index contributed by atoms with van der Waals surface area (Å²) in [7, 11) is 0. The first-order valence-electron chi connectivity index (χ1n) is 7.79. The van der Waals surface area contributed by atoms with Crippen molar-refractivity contribution in [2.45, 2.75) is 18.9 Å². The molecule has 1 aromatic carbocycles. The van der Waals surface area contributed by atoms with Gasteiger partial charge in [-0.15, -0.1) is 0 Å². The second-order valence-corrected chi connectivity index (χ2v) is 5.85. The van der Waals surface area contributed by atoms with E-state index in [0.29, 0.717) is 18.0 Å². The molecular formula is C17H15FN4O2. The zero-order chi connectivity index (χ0) is 16.7. The Kier molecular flexibility index (Phi) is 3.41. The highest BCUT2D eigenvalue weighted by Crippen LogP contribution is 2.40. The number of nitro groups is 1. The maximum Gasteiger partial charge on any atom is 0.372 e. The predicted octanol–water partition coefficient (Wildman–Crippen LogP) is 3.72. The number of imidazole rings is 1. The summed E-state index contributed by atoms with van der Waals surface area (Å²) < 4.78 is 15.1. The minimum atomic E-state index is -0.406. The third kappa shape index (κ3) is 2.29. The van der Waals surface area contributed by atoms with E-state index in [-0.39, 0.29) is 17.7 Å². The van der Waals surface area contributed by atoms with Gasteiger partial charge in [-0.1, -0.05) is 18.2 Å². The lowest BCUT2D eigenvalue weighted by atomic mass is 10.0. The van der Waals surface area contributed by atoms with Crippen molar-refractivity contribution in [2.24, 2.45) is 0 Å². The molecule has 2 aromatic heterocycles. The summed E-state index contributed by atoms with van der Waals surface area (Å²) in [4.78, 5) is 17.6. The highest BCUT2D eigenvalue weighted by Gasteiger charge is 2.34. The fraction of sp³-hybridized carbons (Fsp3) is 0.235. The van der Waals surface area contributed by atoms with Crippen molar-refractivity contribution in [1.82, 2.24) is 9.38 Å². The third-order valence-corrected chi connectivity index (χ3v) is 4.42. The molecule has 0 amide bonds. The van der Waals surface area contributed by atoms with Crippen LogP contribution < -0.4 is 4.90 Å². The van der Waals surface area contributed by atoms with Crippen LogP contribution in [0.1, 0.15) is 24.4 Å². The van der Waals surface area contributed by atoms with Gasteiger partial charge in [0.25, 0.3) is 0 Å². The Morgan fingerprint density at radius 2 is 2.12 bits per heavy atom. The van der Waals surface area contributed by atoms with Gasteiger partial charge in [-0.3, -0.25) is 0 Å². The molecule has 1 aliphatic heterocycles. The molecule has 1 saturated heterocycles. The fourth-order valence-corrected chi connectivity index (χ4v) is 3.41. The quantitative estimate of drug-likeness (QED) is 0.543. The van der Waals surface area contributed by atoms with Crippen molar-refractivity contribution >= 4 is 17.3 Å². The molecule has 0 spiro atoms. The molecule has 0 radical (unpaired) electrons. The Bertz CT molecular complexity index is 924. The van der Waals surface area contributed by atoms with Crippen molar-refractivity contribution in [3.63, 3.8) is 0 Å². The molecule has 1 atom stereocenters. The first kappa shape index (κ1) is 14.6. The number of benzene rings is 1. The first-order valence-corrected chi connectivity index (χ1v) is 7.79. The molecule has 7 heteroatoms. The van der Waals surface area contributed by atoms with Gasteiger partial charge in [-0.05, 0) is 41.5 Å². The van der Waals surface area contributed by atoms with Crippen molar-refractivity contribution < 1.29 is 9.31 Å². The van der Waals surface area contributed by atoms with Crippen LogP contribution in [-0.2, 0) is 0 Å². The Morgan fingerprint density at radius 3 is 2.92 bits per heavy atom. The smallest absolute Gasteiger partial charge is 0.358 e. The maximum atomic E-state index is 13.6. The van der Waals surface area contributed by atoms with Crippen molar-refractivity contribution in [1.29, 1.82) is 0 Å². The van der Waals surface area contributed by atoms with Gasteiger partial charge in [0.15, 0.2) is 0 Å². The fourth-order valence-electron chi connectivity index (χ4n) is 3.41. The van der Waals surface area contributed by atoms with Gasteiger partial charge in [-0.2, -0.15) is 9.38 Å². The Labute approximate surface area is 137 Å². The van der Waals surface area contributed by atoms with Crippen molar-refractivity contribution in [3.8, 4) is 0 Å². The Balaban J connectivity index is 1.84. The third-order valence-electron chi connectivity index (χ3n) is 4.42. The highest BCUT2D eigenvalue weighted by atomic mass is 19.1. The summed E-state index contributed by atoms with van der Waals surface area (Å²) in [5.41, 5.74) is 1.35. The molecule has 3 heterocycles. The molecule has 1 fully saturated rings. The van der Waals surface area contributed by atoms with Crippen LogP contribution >= 0.6 is 0 Å². The number of aromatic nitrogens is 2. The van der Waals surface area contributed by atoms with Crippen LogP contribution in [0, 0.1) is 15.9 Å². The van der Waals surface area contributed by atoms with Gasteiger partial charge in [0.2, 0.25) is 11.5 Å². The minimum Gasteiger partial charge on any atom is -0.358 e. The second kappa shape index (κ2) is 5.59. The molecular weight excluding hydrogens is 311 g/mol. The molecule has 122 valence electrons. The number of halogens is 1. The zero-order valence-electron chi connectivity index (χ0n) is 12.8. The van der Waals surface area contributed by atoms with E-state index in [1.54, 1.807) is 30.5 Å². The molecule has 4 rings (SSSR count). The lowest BCUT2D eigenvalue weighted by Gasteiger charge is -2.24. The SMILES string of the molecule is O=[N+]([O-])c1c(N2CCC[C@H]2c2cccc(F)c2)nc2ccccn12. The van der Waals surface area contributed by atoms with E-state index in [0.717, 1.165) is 18.4 Å². The monoisotopic (exact) mass is 326 g/mol. The molecule has 0 unspecified atom stereocenters. The Morgan fingerprint density at radius 1 is 1.25 bits per heavy atom. The summed E-state index contributed by atoms with van der Waals surface area (Å²) in [5.74, 6) is -0.00397. The number of anilines is 1. The van der Waals surface area contributed by atoms with Gasteiger partial charge >= 0.3 is 5.82 Å². The number of hydrogen-bond donors (Lipinski definition) is 0. The molecule has 0 saturated carbocycles. The highest BCUT2D eigenvalue weighted by molar-refractivity contribution is 5.64. The molecule has 1 aliphatic rings. The number of rotatable bonds is 3. The van der Waals surface area contributed by atoms with Crippen LogP contribution in [0.4, 0.5) is 16.0 Å². The normalized spacial score (nSPS) is 17.5. The molecule has 6 nitrogen and oxygen atoms in total. The van der Waals surface area contributed by atoms with Crippen LogP contribution in [0.5, 0.6) is 0 Å². The van der Waals surface area contributed by atoms with E-state index in [1.165, 1.54) is 16.5 Å². The topological polar surface area (TPSA) is 63.7 Å². The molecule has 3 aromatic rings. The molecule has 0 N–H and O–H groups in total. The molecule has 24 heavy (non-hydrogen) atoms. The van der Waals surface area contributed by atoms with Gasteiger partial charge in [0.05, 0.1) is 12.2 Å². The lowest BCUT2D eigenvalue weighted by molar-refractivity contribution is -0.389. The van der Waals surface area contributed by atoms with E-state index in [4.69, 9.17) is 0 Å². The largest absolute Gasteiger partial charge is 0.372 e. The number of nitrogens with zero attached hydrogens (tertiary/aromatic N) is 4. The van der Waals surface area contributed by atoms with Crippen LogP contribution in [0.25, 0.3) is 5.65 Å².